The first-order valence-corrected chi connectivity index (χ1v) is 12.0. The minimum atomic E-state index is 0. The summed E-state index contributed by atoms with van der Waals surface area (Å²) in [4.78, 5) is 7.21. The van der Waals surface area contributed by atoms with E-state index in [-0.39, 0.29) is 35.4 Å². The zero-order valence-corrected chi connectivity index (χ0v) is 23.7. The Kier molecular flexibility index (Phi) is 14.1. The van der Waals surface area contributed by atoms with Crippen molar-refractivity contribution < 1.29 is 14.2 Å². The van der Waals surface area contributed by atoms with E-state index in [0.717, 1.165) is 56.7 Å². The molecule has 7 nitrogen and oxygen atoms in total. The first-order valence-electron chi connectivity index (χ1n) is 12.0. The van der Waals surface area contributed by atoms with Crippen LogP contribution in [0.25, 0.3) is 0 Å². The summed E-state index contributed by atoms with van der Waals surface area (Å²) in [7, 11) is 7.51. The van der Waals surface area contributed by atoms with Crippen LogP contribution in [0, 0.1) is 5.41 Å². The van der Waals surface area contributed by atoms with Gasteiger partial charge in [0.05, 0.1) is 20.3 Å². The minimum absolute atomic E-state index is 0. The van der Waals surface area contributed by atoms with Crippen LogP contribution < -0.4 is 20.1 Å². The van der Waals surface area contributed by atoms with Crippen molar-refractivity contribution >= 4 is 29.9 Å². The van der Waals surface area contributed by atoms with E-state index in [2.05, 4.69) is 55.6 Å². The molecule has 1 aromatic carbocycles. The van der Waals surface area contributed by atoms with Crippen LogP contribution in [-0.4, -0.2) is 72.0 Å². The molecule has 1 atom stereocenters. The lowest BCUT2D eigenvalue weighted by Gasteiger charge is -2.29. The van der Waals surface area contributed by atoms with E-state index in [1.54, 1.807) is 14.2 Å². The number of ether oxygens (including phenoxy) is 3. The quantitative estimate of drug-likeness (QED) is 0.157. The summed E-state index contributed by atoms with van der Waals surface area (Å²) < 4.78 is 16.6. The highest BCUT2D eigenvalue weighted by Gasteiger charge is 2.33. The van der Waals surface area contributed by atoms with E-state index in [4.69, 9.17) is 19.2 Å². The van der Waals surface area contributed by atoms with Gasteiger partial charge in [0.1, 0.15) is 0 Å². The van der Waals surface area contributed by atoms with Crippen LogP contribution in [0.15, 0.2) is 23.2 Å². The van der Waals surface area contributed by atoms with E-state index in [1.165, 1.54) is 31.2 Å². The molecule has 0 saturated heterocycles. The lowest BCUT2D eigenvalue weighted by Crippen LogP contribution is -2.42. The molecule has 0 spiro atoms. The van der Waals surface area contributed by atoms with Crippen LogP contribution in [0.2, 0.25) is 0 Å². The predicted molar refractivity (Wildman–Crippen MR) is 147 cm³/mol. The Hall–Kier alpha value is -1.26. The second-order valence-electron chi connectivity index (χ2n) is 8.82. The van der Waals surface area contributed by atoms with Gasteiger partial charge in [-0.3, -0.25) is 4.99 Å². The van der Waals surface area contributed by atoms with Gasteiger partial charge in [-0.15, -0.1) is 24.0 Å². The van der Waals surface area contributed by atoms with Crippen molar-refractivity contribution in [2.24, 2.45) is 10.4 Å². The first kappa shape index (κ1) is 29.8. The summed E-state index contributed by atoms with van der Waals surface area (Å²) in [6.45, 7) is 8.20. The fourth-order valence-electron chi connectivity index (χ4n) is 4.49. The Bertz CT molecular complexity index is 709. The van der Waals surface area contributed by atoms with Crippen molar-refractivity contribution in [3.63, 3.8) is 0 Å². The molecule has 0 amide bonds. The molecule has 1 aliphatic carbocycles. The molecule has 0 aliphatic heterocycles. The maximum absolute atomic E-state index is 5.66. The molecule has 1 unspecified atom stereocenters. The molecule has 33 heavy (non-hydrogen) atoms. The van der Waals surface area contributed by atoms with Crippen molar-refractivity contribution in [3.8, 4) is 11.5 Å². The number of nitrogens with zero attached hydrogens (tertiary/aromatic N) is 2. The summed E-state index contributed by atoms with van der Waals surface area (Å²) in [5.41, 5.74) is 1.45. The second kappa shape index (κ2) is 15.6. The third-order valence-electron chi connectivity index (χ3n) is 6.44. The Labute approximate surface area is 218 Å². The third-order valence-corrected chi connectivity index (χ3v) is 6.44. The average molecular weight is 577 g/mol. The topological polar surface area (TPSA) is 67.4 Å². The van der Waals surface area contributed by atoms with Gasteiger partial charge in [0.2, 0.25) is 0 Å². The van der Waals surface area contributed by atoms with Crippen molar-refractivity contribution in [2.45, 2.75) is 52.0 Å². The fourth-order valence-corrected chi connectivity index (χ4v) is 4.49. The number of benzene rings is 1. The maximum Gasteiger partial charge on any atom is 0.191 e. The van der Waals surface area contributed by atoms with Gasteiger partial charge in [0.25, 0.3) is 0 Å². The molecule has 0 heterocycles. The zero-order valence-electron chi connectivity index (χ0n) is 21.4. The Morgan fingerprint density at radius 1 is 1.09 bits per heavy atom. The molecule has 1 fully saturated rings. The lowest BCUT2D eigenvalue weighted by molar-refractivity contribution is 0.107. The van der Waals surface area contributed by atoms with Crippen LogP contribution in [-0.2, 0) is 4.74 Å². The highest BCUT2D eigenvalue weighted by atomic mass is 127. The van der Waals surface area contributed by atoms with E-state index >= 15 is 0 Å². The standard InChI is InChI=1S/C25H44N4O3.HI/c1-7-26-24(28-19-25(13-9-10-14-25)15-16-32-8-2)27-18-21(29(3)4)20-11-12-22(30-5)23(17-20)31-6;/h11-12,17,21H,7-10,13-16,18-19H2,1-6H3,(H2,26,27,28);1H. The number of hydrogen-bond acceptors (Lipinski definition) is 5. The van der Waals surface area contributed by atoms with Gasteiger partial charge in [-0.05, 0) is 70.3 Å². The molecule has 1 aliphatic rings. The molecule has 1 aromatic rings. The third kappa shape index (κ3) is 9.13. The van der Waals surface area contributed by atoms with Crippen molar-refractivity contribution in [3.05, 3.63) is 23.8 Å². The number of rotatable bonds is 13. The van der Waals surface area contributed by atoms with Crippen molar-refractivity contribution in [1.82, 2.24) is 15.5 Å². The van der Waals surface area contributed by atoms with Gasteiger partial charge >= 0.3 is 0 Å². The van der Waals surface area contributed by atoms with Crippen molar-refractivity contribution in [2.75, 3.05) is 61.2 Å². The Morgan fingerprint density at radius 2 is 1.79 bits per heavy atom. The van der Waals surface area contributed by atoms with Gasteiger partial charge in [-0.2, -0.15) is 0 Å². The average Bonchev–Trinajstić information content (AvgIpc) is 3.26. The molecule has 2 rings (SSSR count). The van der Waals surface area contributed by atoms with Crippen LogP contribution in [0.1, 0.15) is 57.6 Å². The molecule has 2 N–H and O–H groups in total. The summed E-state index contributed by atoms with van der Waals surface area (Å²) in [6, 6.07) is 6.28. The van der Waals surface area contributed by atoms with E-state index in [0.29, 0.717) is 0 Å². The van der Waals surface area contributed by atoms with E-state index in [1.807, 2.05) is 6.07 Å². The Morgan fingerprint density at radius 3 is 2.36 bits per heavy atom. The van der Waals surface area contributed by atoms with Gasteiger partial charge in [-0.1, -0.05) is 18.9 Å². The molecule has 0 radical (unpaired) electrons. The maximum atomic E-state index is 5.66. The molecule has 1 saturated carbocycles. The van der Waals surface area contributed by atoms with Crippen LogP contribution >= 0.6 is 24.0 Å². The minimum Gasteiger partial charge on any atom is -0.493 e. The van der Waals surface area contributed by atoms with Crippen LogP contribution in [0.5, 0.6) is 11.5 Å². The van der Waals surface area contributed by atoms with Gasteiger partial charge in [0, 0.05) is 32.8 Å². The van der Waals surface area contributed by atoms with Crippen LogP contribution in [0.4, 0.5) is 0 Å². The fraction of sp³-hybridized carbons (Fsp3) is 0.720. The largest absolute Gasteiger partial charge is 0.493 e. The molecule has 0 aromatic heterocycles. The highest BCUT2D eigenvalue weighted by Crippen LogP contribution is 2.41. The second-order valence-corrected chi connectivity index (χ2v) is 8.82. The van der Waals surface area contributed by atoms with Gasteiger partial charge < -0.3 is 29.7 Å². The highest BCUT2D eigenvalue weighted by molar-refractivity contribution is 14.0. The summed E-state index contributed by atoms with van der Waals surface area (Å²) in [6.07, 6.45) is 6.18. The van der Waals surface area contributed by atoms with Gasteiger partial charge in [0.15, 0.2) is 17.5 Å². The number of hydrogen-bond donors (Lipinski definition) is 2. The molecule has 8 heteroatoms. The summed E-state index contributed by atoms with van der Waals surface area (Å²) in [5, 5.41) is 6.99. The SMILES string of the molecule is CCNC(=NCC1(CCOCC)CCCC1)NCC(c1ccc(OC)c(OC)c1)N(C)C.I. The smallest absolute Gasteiger partial charge is 0.191 e. The number of aliphatic imine (C=N–C) groups is 1. The Balaban J connectivity index is 0.00000544. The molecular weight excluding hydrogens is 531 g/mol. The number of guanidine groups is 1. The summed E-state index contributed by atoms with van der Waals surface area (Å²) in [5.74, 6) is 2.36. The monoisotopic (exact) mass is 576 g/mol. The first-order chi connectivity index (χ1) is 15.5. The zero-order chi connectivity index (χ0) is 23.4. The number of methoxy groups -OCH3 is 2. The van der Waals surface area contributed by atoms with E-state index < -0.39 is 0 Å². The predicted octanol–water partition coefficient (Wildman–Crippen LogP) is 4.47. The van der Waals surface area contributed by atoms with Gasteiger partial charge in [-0.25, -0.2) is 0 Å². The molecule has 190 valence electrons. The van der Waals surface area contributed by atoms with Crippen LogP contribution in [0.3, 0.4) is 0 Å². The van der Waals surface area contributed by atoms with E-state index in [9.17, 15) is 0 Å². The lowest BCUT2D eigenvalue weighted by atomic mass is 9.83. The summed E-state index contributed by atoms with van der Waals surface area (Å²) >= 11 is 0. The molecule has 0 bridgehead atoms. The number of halogens is 1. The number of nitrogens with one attached hydrogen (secondary N) is 2. The normalized spacial score (nSPS) is 16.3. The molecular formula is C25H45IN4O3. The van der Waals surface area contributed by atoms with Crippen molar-refractivity contribution in [1.29, 1.82) is 0 Å². The number of likely N-dealkylation sites (N-methyl/N-ethyl adjacent to an activating group) is 1.